The standard InChI is InChI=1S/C17H18FN3O4S/c1-24-17(23)13-10-21(8-9-26-13)15(22)7-6-14-19-16(20-25-14)11-2-4-12(18)5-3-11/h2-5,13H,6-10H2,1H3/t13-/m0/s1. The van der Waals surface area contributed by atoms with Gasteiger partial charge in [-0.05, 0) is 24.3 Å². The lowest BCUT2D eigenvalue weighted by molar-refractivity contribution is -0.141. The smallest absolute Gasteiger partial charge is 0.320 e. The summed E-state index contributed by atoms with van der Waals surface area (Å²) in [5.41, 5.74) is 0.640. The van der Waals surface area contributed by atoms with Crippen LogP contribution in [0, 0.1) is 5.82 Å². The van der Waals surface area contributed by atoms with Crippen molar-refractivity contribution in [1.29, 1.82) is 0 Å². The zero-order chi connectivity index (χ0) is 18.5. The van der Waals surface area contributed by atoms with Gasteiger partial charge in [-0.2, -0.15) is 4.98 Å². The number of hydrogen-bond acceptors (Lipinski definition) is 7. The van der Waals surface area contributed by atoms with Crippen molar-refractivity contribution in [1.82, 2.24) is 15.0 Å². The molecule has 7 nitrogen and oxygen atoms in total. The minimum absolute atomic E-state index is 0.0688. The molecular formula is C17H18FN3O4S. The zero-order valence-corrected chi connectivity index (χ0v) is 15.0. The highest BCUT2D eigenvalue weighted by molar-refractivity contribution is 8.00. The maximum Gasteiger partial charge on any atom is 0.320 e. The highest BCUT2D eigenvalue weighted by Gasteiger charge is 2.29. The molecule has 1 aliphatic heterocycles. The van der Waals surface area contributed by atoms with E-state index < -0.39 is 0 Å². The van der Waals surface area contributed by atoms with Gasteiger partial charge >= 0.3 is 5.97 Å². The number of carbonyl (C=O) groups is 2. The number of methoxy groups -OCH3 is 1. The molecule has 0 radical (unpaired) electrons. The number of carbonyl (C=O) groups excluding carboxylic acids is 2. The number of hydrogen-bond donors (Lipinski definition) is 0. The van der Waals surface area contributed by atoms with Gasteiger partial charge in [0.15, 0.2) is 0 Å². The van der Waals surface area contributed by atoms with Crippen molar-refractivity contribution in [3.8, 4) is 11.4 Å². The number of aromatic nitrogens is 2. The molecule has 1 aromatic carbocycles. The van der Waals surface area contributed by atoms with Crippen molar-refractivity contribution < 1.29 is 23.2 Å². The SMILES string of the molecule is COC(=O)[C@@H]1CN(C(=O)CCc2nc(-c3ccc(F)cc3)no2)CCS1. The average molecular weight is 379 g/mol. The molecular weight excluding hydrogens is 361 g/mol. The number of rotatable bonds is 5. The third-order valence-corrected chi connectivity index (χ3v) is 5.17. The Morgan fingerprint density at radius 1 is 1.38 bits per heavy atom. The highest BCUT2D eigenvalue weighted by Crippen LogP contribution is 2.21. The van der Waals surface area contributed by atoms with Gasteiger partial charge in [0.2, 0.25) is 17.6 Å². The van der Waals surface area contributed by atoms with Crippen molar-refractivity contribution in [2.45, 2.75) is 18.1 Å². The molecule has 1 atom stereocenters. The molecule has 1 aromatic heterocycles. The summed E-state index contributed by atoms with van der Waals surface area (Å²) in [6.45, 7) is 0.947. The average Bonchev–Trinajstić information content (AvgIpc) is 3.15. The summed E-state index contributed by atoms with van der Waals surface area (Å²) in [6.07, 6.45) is 0.517. The second-order valence-electron chi connectivity index (χ2n) is 5.74. The van der Waals surface area contributed by atoms with Crippen LogP contribution < -0.4 is 0 Å². The Hall–Kier alpha value is -2.42. The van der Waals surface area contributed by atoms with Gasteiger partial charge in [-0.3, -0.25) is 9.59 Å². The molecule has 2 aromatic rings. The summed E-state index contributed by atoms with van der Waals surface area (Å²) in [5.74, 6) is 0.670. The van der Waals surface area contributed by atoms with E-state index in [1.165, 1.54) is 31.0 Å². The second-order valence-corrected chi connectivity index (χ2v) is 7.05. The van der Waals surface area contributed by atoms with Gasteiger partial charge in [0.1, 0.15) is 11.1 Å². The number of aryl methyl sites for hydroxylation is 1. The lowest BCUT2D eigenvalue weighted by Crippen LogP contribution is -2.45. The highest BCUT2D eigenvalue weighted by atomic mass is 32.2. The van der Waals surface area contributed by atoms with E-state index in [2.05, 4.69) is 10.1 Å². The lowest BCUT2D eigenvalue weighted by Gasteiger charge is -2.30. The normalized spacial score (nSPS) is 17.2. The Balaban J connectivity index is 1.55. The molecule has 1 aliphatic rings. The molecule has 0 saturated carbocycles. The number of halogens is 1. The van der Waals surface area contributed by atoms with Crippen LogP contribution in [0.3, 0.4) is 0 Å². The molecule has 26 heavy (non-hydrogen) atoms. The van der Waals surface area contributed by atoms with E-state index in [9.17, 15) is 14.0 Å². The predicted molar refractivity (Wildman–Crippen MR) is 92.9 cm³/mol. The van der Waals surface area contributed by atoms with Gasteiger partial charge in [-0.25, -0.2) is 4.39 Å². The van der Waals surface area contributed by atoms with E-state index in [4.69, 9.17) is 9.26 Å². The monoisotopic (exact) mass is 379 g/mol. The Bertz CT molecular complexity index is 781. The Morgan fingerprint density at radius 2 is 2.15 bits per heavy atom. The molecule has 0 spiro atoms. The third kappa shape index (κ3) is 4.40. The van der Waals surface area contributed by atoms with Gasteiger partial charge in [0.05, 0.1) is 7.11 Å². The van der Waals surface area contributed by atoms with Crippen LogP contribution >= 0.6 is 11.8 Å². The molecule has 1 fully saturated rings. The fourth-order valence-corrected chi connectivity index (χ4v) is 3.72. The predicted octanol–water partition coefficient (Wildman–Crippen LogP) is 1.93. The number of thioether (sulfide) groups is 1. The van der Waals surface area contributed by atoms with E-state index in [0.29, 0.717) is 42.5 Å². The fourth-order valence-electron chi connectivity index (χ4n) is 2.59. The van der Waals surface area contributed by atoms with Crippen LogP contribution in [0.4, 0.5) is 4.39 Å². The Kier molecular flexibility index (Phi) is 5.87. The first-order valence-electron chi connectivity index (χ1n) is 8.12. The van der Waals surface area contributed by atoms with Gasteiger partial charge in [0, 0.05) is 37.2 Å². The number of benzene rings is 1. The van der Waals surface area contributed by atoms with Crippen LogP contribution in [0.5, 0.6) is 0 Å². The number of esters is 1. The molecule has 9 heteroatoms. The fraction of sp³-hybridized carbons (Fsp3) is 0.412. The molecule has 1 amide bonds. The van der Waals surface area contributed by atoms with E-state index in [0.717, 1.165) is 0 Å². The summed E-state index contributed by atoms with van der Waals surface area (Å²) < 4.78 is 22.9. The number of amides is 1. The minimum Gasteiger partial charge on any atom is -0.468 e. The first kappa shape index (κ1) is 18.4. The molecule has 1 saturated heterocycles. The molecule has 0 N–H and O–H groups in total. The van der Waals surface area contributed by atoms with Gasteiger partial charge in [-0.15, -0.1) is 11.8 Å². The number of nitrogens with zero attached hydrogens (tertiary/aromatic N) is 3. The first-order chi connectivity index (χ1) is 12.6. The largest absolute Gasteiger partial charge is 0.468 e. The van der Waals surface area contributed by atoms with E-state index in [1.807, 2.05) is 0 Å². The van der Waals surface area contributed by atoms with Gasteiger partial charge < -0.3 is 14.2 Å². The maximum absolute atomic E-state index is 13.0. The molecule has 138 valence electrons. The van der Waals surface area contributed by atoms with E-state index in [-0.39, 0.29) is 29.4 Å². The third-order valence-electron chi connectivity index (χ3n) is 4.01. The molecule has 0 aliphatic carbocycles. The summed E-state index contributed by atoms with van der Waals surface area (Å²) in [7, 11) is 1.35. The van der Waals surface area contributed by atoms with Crippen molar-refractivity contribution >= 4 is 23.6 Å². The molecule has 3 rings (SSSR count). The van der Waals surface area contributed by atoms with Crippen LogP contribution in [0.1, 0.15) is 12.3 Å². The minimum atomic E-state index is -0.341. The maximum atomic E-state index is 13.0. The number of ether oxygens (including phenoxy) is 1. The topological polar surface area (TPSA) is 85.5 Å². The van der Waals surface area contributed by atoms with Crippen LogP contribution in [-0.2, 0) is 20.7 Å². The van der Waals surface area contributed by atoms with Crippen molar-refractivity contribution in [3.63, 3.8) is 0 Å². The van der Waals surface area contributed by atoms with Gasteiger partial charge in [-0.1, -0.05) is 5.16 Å². The summed E-state index contributed by atoms with van der Waals surface area (Å²) in [4.78, 5) is 29.9. The van der Waals surface area contributed by atoms with Crippen molar-refractivity contribution in [3.05, 3.63) is 36.0 Å². The summed E-state index contributed by atoms with van der Waals surface area (Å²) in [5, 5.41) is 3.51. The van der Waals surface area contributed by atoms with Crippen molar-refractivity contribution in [2.24, 2.45) is 0 Å². The zero-order valence-electron chi connectivity index (χ0n) is 14.2. The summed E-state index contributed by atoms with van der Waals surface area (Å²) in [6, 6.07) is 5.77. The molecule has 0 unspecified atom stereocenters. The van der Waals surface area contributed by atoms with Crippen LogP contribution in [-0.4, -0.2) is 58.1 Å². The van der Waals surface area contributed by atoms with Crippen LogP contribution in [0.15, 0.2) is 28.8 Å². The van der Waals surface area contributed by atoms with Crippen LogP contribution in [0.2, 0.25) is 0 Å². The Morgan fingerprint density at radius 3 is 2.88 bits per heavy atom. The van der Waals surface area contributed by atoms with E-state index >= 15 is 0 Å². The second kappa shape index (κ2) is 8.31. The van der Waals surface area contributed by atoms with Crippen LogP contribution in [0.25, 0.3) is 11.4 Å². The molecule has 0 bridgehead atoms. The van der Waals surface area contributed by atoms with Gasteiger partial charge in [0.25, 0.3) is 0 Å². The molecule has 2 heterocycles. The van der Waals surface area contributed by atoms with Crippen molar-refractivity contribution in [2.75, 3.05) is 26.0 Å². The summed E-state index contributed by atoms with van der Waals surface area (Å²) >= 11 is 1.50. The lowest BCUT2D eigenvalue weighted by atomic mass is 10.2. The first-order valence-corrected chi connectivity index (χ1v) is 9.17. The van der Waals surface area contributed by atoms with E-state index in [1.54, 1.807) is 17.0 Å². The Labute approximate surface area is 153 Å². The quantitative estimate of drug-likeness (QED) is 0.734.